The van der Waals surface area contributed by atoms with E-state index in [0.29, 0.717) is 16.8 Å². The van der Waals surface area contributed by atoms with Gasteiger partial charge in [-0.2, -0.15) is 0 Å². The van der Waals surface area contributed by atoms with Gasteiger partial charge in [-0.05, 0) is 72.8 Å². The number of benzene rings is 1. The summed E-state index contributed by atoms with van der Waals surface area (Å²) >= 11 is 3.14. The highest BCUT2D eigenvalue weighted by Gasteiger charge is 2.15. The Bertz CT molecular complexity index is 455. The van der Waals surface area contributed by atoms with Crippen LogP contribution in [0.2, 0.25) is 0 Å². The number of hydrogen-bond acceptors (Lipinski definition) is 2. The van der Waals surface area contributed by atoms with Crippen LogP contribution in [0.3, 0.4) is 0 Å². The van der Waals surface area contributed by atoms with E-state index in [4.69, 9.17) is 4.74 Å². The van der Waals surface area contributed by atoms with E-state index in [1.165, 1.54) is 57.8 Å². The number of halogens is 2. The molecule has 1 saturated heterocycles. The third-order valence-electron chi connectivity index (χ3n) is 4.27. The average Bonchev–Trinajstić information content (AvgIpc) is 2.50. The van der Waals surface area contributed by atoms with Crippen molar-refractivity contribution < 1.29 is 9.13 Å². The molecule has 0 spiro atoms. The molecule has 1 atom stereocenters. The van der Waals surface area contributed by atoms with Crippen LogP contribution < -0.4 is 4.74 Å². The average molecular weight is 372 g/mol. The van der Waals surface area contributed by atoms with Crippen LogP contribution in [-0.2, 0) is 0 Å². The molecule has 1 unspecified atom stereocenters. The number of rotatable bonds is 8. The van der Waals surface area contributed by atoms with Crippen LogP contribution in [0.4, 0.5) is 4.39 Å². The highest BCUT2D eigenvalue weighted by atomic mass is 79.9. The molecule has 1 heterocycles. The first-order valence-electron chi connectivity index (χ1n) is 8.45. The number of piperidine rings is 1. The molecule has 0 radical (unpaired) electrons. The molecule has 0 aromatic heterocycles. The van der Waals surface area contributed by atoms with Gasteiger partial charge in [-0.3, -0.25) is 0 Å². The van der Waals surface area contributed by atoms with Crippen molar-refractivity contribution in [1.29, 1.82) is 0 Å². The van der Waals surface area contributed by atoms with Crippen molar-refractivity contribution in [3.05, 3.63) is 28.5 Å². The monoisotopic (exact) mass is 371 g/mol. The predicted octanol–water partition coefficient (Wildman–Crippen LogP) is 5.26. The molecule has 22 heavy (non-hydrogen) atoms. The maximum absolute atomic E-state index is 13.3. The van der Waals surface area contributed by atoms with E-state index in [1.54, 1.807) is 12.1 Å². The predicted molar refractivity (Wildman–Crippen MR) is 92.9 cm³/mol. The Kier molecular flexibility index (Phi) is 7.67. The van der Waals surface area contributed by atoms with Crippen molar-refractivity contribution in [2.75, 3.05) is 26.2 Å². The van der Waals surface area contributed by atoms with E-state index in [9.17, 15) is 4.39 Å². The third kappa shape index (κ3) is 6.25. The second-order valence-corrected chi connectivity index (χ2v) is 7.24. The van der Waals surface area contributed by atoms with Gasteiger partial charge in [-0.15, -0.1) is 0 Å². The number of hydrogen-bond donors (Lipinski definition) is 0. The number of unbranched alkanes of at least 4 members (excludes halogenated alkanes) is 3. The molecular weight excluding hydrogens is 345 g/mol. The summed E-state index contributed by atoms with van der Waals surface area (Å²) < 4.78 is 19.4. The zero-order valence-electron chi connectivity index (χ0n) is 13.5. The summed E-state index contributed by atoms with van der Waals surface area (Å²) in [5.41, 5.74) is 0. The summed E-state index contributed by atoms with van der Waals surface area (Å²) in [4.78, 5) is 2.61. The highest BCUT2D eigenvalue weighted by Crippen LogP contribution is 2.21. The normalized spacial score (nSPS) is 19.3. The standard InChI is InChI=1S/C18H27BrFNO/c1-15-7-6-11-21(14-15)10-4-2-3-5-12-22-16-8-9-17(19)18(20)13-16/h8-9,13,15H,2-7,10-12,14H2,1H3. The Labute approximate surface area is 142 Å². The fourth-order valence-corrected chi connectivity index (χ4v) is 3.28. The fourth-order valence-electron chi connectivity index (χ4n) is 3.04. The van der Waals surface area contributed by atoms with Crippen molar-refractivity contribution in [1.82, 2.24) is 4.90 Å². The number of ether oxygens (including phenoxy) is 1. The van der Waals surface area contributed by atoms with Gasteiger partial charge in [0.1, 0.15) is 11.6 Å². The number of nitrogens with zero attached hydrogens (tertiary/aromatic N) is 1. The largest absolute Gasteiger partial charge is 0.493 e. The fraction of sp³-hybridized carbons (Fsp3) is 0.667. The topological polar surface area (TPSA) is 12.5 Å². The van der Waals surface area contributed by atoms with Gasteiger partial charge in [-0.1, -0.05) is 19.8 Å². The zero-order valence-corrected chi connectivity index (χ0v) is 15.1. The van der Waals surface area contributed by atoms with E-state index in [-0.39, 0.29) is 5.82 Å². The summed E-state index contributed by atoms with van der Waals surface area (Å²) in [6.07, 6.45) is 7.50. The molecule has 1 aliphatic rings. The van der Waals surface area contributed by atoms with Gasteiger partial charge in [0, 0.05) is 12.6 Å². The molecule has 0 bridgehead atoms. The smallest absolute Gasteiger partial charge is 0.141 e. The minimum absolute atomic E-state index is 0.270. The van der Waals surface area contributed by atoms with Gasteiger partial charge in [-0.25, -0.2) is 4.39 Å². The molecule has 1 aromatic carbocycles. The Morgan fingerprint density at radius 2 is 2.09 bits per heavy atom. The third-order valence-corrected chi connectivity index (χ3v) is 4.91. The van der Waals surface area contributed by atoms with Crippen LogP contribution in [0.1, 0.15) is 45.4 Å². The molecule has 4 heteroatoms. The molecule has 0 aliphatic carbocycles. The molecule has 1 aliphatic heterocycles. The van der Waals surface area contributed by atoms with Gasteiger partial charge < -0.3 is 9.64 Å². The van der Waals surface area contributed by atoms with E-state index < -0.39 is 0 Å². The summed E-state index contributed by atoms with van der Waals surface area (Å²) in [6, 6.07) is 4.91. The van der Waals surface area contributed by atoms with Crippen molar-refractivity contribution in [3.63, 3.8) is 0 Å². The van der Waals surface area contributed by atoms with Crippen LogP contribution in [0.5, 0.6) is 5.75 Å². The molecule has 2 rings (SSSR count). The summed E-state index contributed by atoms with van der Waals surface area (Å²) in [7, 11) is 0. The minimum Gasteiger partial charge on any atom is -0.493 e. The first-order valence-corrected chi connectivity index (χ1v) is 9.24. The lowest BCUT2D eigenvalue weighted by Crippen LogP contribution is -2.34. The first kappa shape index (κ1) is 17.7. The quantitative estimate of drug-likeness (QED) is 0.577. The van der Waals surface area contributed by atoms with Crippen LogP contribution in [-0.4, -0.2) is 31.1 Å². The lowest BCUT2D eigenvalue weighted by molar-refractivity contribution is 0.180. The highest BCUT2D eigenvalue weighted by molar-refractivity contribution is 9.10. The van der Waals surface area contributed by atoms with Gasteiger partial charge in [0.05, 0.1) is 11.1 Å². The maximum atomic E-state index is 13.3. The Morgan fingerprint density at radius 3 is 2.86 bits per heavy atom. The lowest BCUT2D eigenvalue weighted by atomic mass is 10.00. The van der Waals surface area contributed by atoms with Crippen molar-refractivity contribution in [2.45, 2.75) is 45.4 Å². The van der Waals surface area contributed by atoms with E-state index in [0.717, 1.165) is 12.3 Å². The van der Waals surface area contributed by atoms with Gasteiger partial charge in [0.15, 0.2) is 0 Å². The van der Waals surface area contributed by atoms with Crippen LogP contribution in [0.15, 0.2) is 22.7 Å². The summed E-state index contributed by atoms with van der Waals surface area (Å²) in [5.74, 6) is 1.21. The van der Waals surface area contributed by atoms with Crippen LogP contribution >= 0.6 is 15.9 Å². The molecule has 0 saturated carbocycles. The van der Waals surface area contributed by atoms with E-state index in [1.807, 2.05) is 0 Å². The van der Waals surface area contributed by atoms with E-state index in [2.05, 4.69) is 27.8 Å². The molecule has 124 valence electrons. The van der Waals surface area contributed by atoms with Crippen molar-refractivity contribution in [3.8, 4) is 5.75 Å². The van der Waals surface area contributed by atoms with E-state index >= 15 is 0 Å². The molecule has 1 fully saturated rings. The first-order chi connectivity index (χ1) is 10.6. The van der Waals surface area contributed by atoms with Crippen LogP contribution in [0.25, 0.3) is 0 Å². The summed E-state index contributed by atoms with van der Waals surface area (Å²) in [6.45, 7) is 6.82. The molecule has 1 aromatic rings. The molecular formula is C18H27BrFNO. The van der Waals surface area contributed by atoms with Crippen LogP contribution in [0, 0.1) is 11.7 Å². The Morgan fingerprint density at radius 1 is 1.27 bits per heavy atom. The van der Waals surface area contributed by atoms with Gasteiger partial charge in [0.2, 0.25) is 0 Å². The second kappa shape index (κ2) is 9.51. The lowest BCUT2D eigenvalue weighted by Gasteiger charge is -2.30. The SMILES string of the molecule is CC1CCCN(CCCCCCOc2ccc(Br)c(F)c2)C1. The molecule has 0 N–H and O–H groups in total. The van der Waals surface area contributed by atoms with Crippen molar-refractivity contribution >= 4 is 15.9 Å². The van der Waals surface area contributed by atoms with Crippen molar-refractivity contribution in [2.24, 2.45) is 5.92 Å². The Balaban J connectivity index is 1.49. The maximum Gasteiger partial charge on any atom is 0.141 e. The number of likely N-dealkylation sites (tertiary alicyclic amines) is 1. The summed E-state index contributed by atoms with van der Waals surface area (Å²) in [5, 5.41) is 0. The Hall–Kier alpha value is -0.610. The van der Waals surface area contributed by atoms with Gasteiger partial charge >= 0.3 is 0 Å². The molecule has 0 amide bonds. The van der Waals surface area contributed by atoms with Gasteiger partial charge in [0.25, 0.3) is 0 Å². The zero-order chi connectivity index (χ0) is 15.8. The minimum atomic E-state index is -0.270. The molecule has 2 nitrogen and oxygen atoms in total. The second-order valence-electron chi connectivity index (χ2n) is 6.39.